The van der Waals surface area contributed by atoms with E-state index < -0.39 is 61.4 Å². The van der Waals surface area contributed by atoms with Gasteiger partial charge < -0.3 is 9.84 Å². The number of aliphatic hydroxyl groups excluding tert-OH is 1. The van der Waals surface area contributed by atoms with Crippen LogP contribution in [-0.2, 0) is 16.3 Å². The van der Waals surface area contributed by atoms with Crippen molar-refractivity contribution in [2.45, 2.75) is 28.9 Å². The van der Waals surface area contributed by atoms with Crippen LogP contribution in [0.15, 0.2) is 35.2 Å². The lowest BCUT2D eigenvalue weighted by atomic mass is 10.1. The molecule has 0 fully saturated rings. The van der Waals surface area contributed by atoms with E-state index >= 15 is 0 Å². The van der Waals surface area contributed by atoms with Gasteiger partial charge in [0.1, 0.15) is 23.4 Å². The first-order chi connectivity index (χ1) is 13.3. The number of alkyl halides is 5. The molecule has 0 unspecified atom stereocenters. The Labute approximate surface area is 159 Å². The molecule has 0 bridgehead atoms. The molecule has 0 spiro atoms. The Morgan fingerprint density at radius 2 is 1.86 bits per heavy atom. The monoisotopic (exact) mass is 437 g/mol. The minimum Gasteiger partial charge on any atom is -0.458 e. The van der Waals surface area contributed by atoms with Crippen molar-refractivity contribution in [2.24, 2.45) is 0 Å². The predicted molar refractivity (Wildman–Crippen MR) is 86.0 cm³/mol. The van der Waals surface area contributed by atoms with Gasteiger partial charge in [0, 0.05) is 23.6 Å². The molecule has 0 amide bonds. The quantitative estimate of drug-likeness (QED) is 0.559. The molecule has 0 saturated carbocycles. The average molecular weight is 437 g/mol. The van der Waals surface area contributed by atoms with Crippen molar-refractivity contribution in [3.8, 4) is 11.5 Å². The van der Waals surface area contributed by atoms with Gasteiger partial charge in [0.05, 0.1) is 11.5 Å². The van der Waals surface area contributed by atoms with E-state index in [0.717, 1.165) is 18.2 Å². The summed E-state index contributed by atoms with van der Waals surface area (Å²) in [7, 11) is -6.04. The number of nitrogens with zero attached hydrogens (tertiary/aromatic N) is 1. The normalized spacial score (nSPS) is 18.2. The van der Waals surface area contributed by atoms with Gasteiger partial charge in [-0.05, 0) is 24.3 Å². The Morgan fingerprint density at radius 1 is 1.21 bits per heavy atom. The highest BCUT2D eigenvalue weighted by Crippen LogP contribution is 2.51. The molecule has 29 heavy (non-hydrogen) atoms. The SMILES string of the molecule is [C-]#[N+]c1cc(F)cc(Oc2ccc(S(=O)(=O)C(F)(F)F)c3c2CC(F)(F)[C@H]3O)c1. The summed E-state index contributed by atoms with van der Waals surface area (Å²) in [6.45, 7) is 6.87. The van der Waals surface area contributed by atoms with E-state index in [2.05, 4.69) is 4.85 Å². The molecule has 0 aromatic heterocycles. The lowest BCUT2D eigenvalue weighted by molar-refractivity contribution is -0.0978. The highest BCUT2D eigenvalue weighted by Gasteiger charge is 2.55. The fraction of sp³-hybridized carbons (Fsp3) is 0.235. The molecule has 0 saturated heterocycles. The number of hydrogen-bond donors (Lipinski definition) is 1. The summed E-state index contributed by atoms with van der Waals surface area (Å²) in [6, 6.07) is 3.79. The molecule has 0 aliphatic heterocycles. The molecule has 2 aromatic rings. The van der Waals surface area contributed by atoms with Crippen LogP contribution in [0.3, 0.4) is 0 Å². The number of hydrogen-bond acceptors (Lipinski definition) is 4. The summed E-state index contributed by atoms with van der Waals surface area (Å²) >= 11 is 0. The fourth-order valence-electron chi connectivity index (χ4n) is 2.90. The maximum atomic E-state index is 14.0. The minimum atomic E-state index is -6.04. The number of ether oxygens (including phenoxy) is 1. The zero-order valence-corrected chi connectivity index (χ0v) is 14.8. The van der Waals surface area contributed by atoms with Crippen molar-refractivity contribution in [3.05, 3.63) is 58.7 Å². The zero-order valence-electron chi connectivity index (χ0n) is 14.0. The summed E-state index contributed by atoms with van der Waals surface area (Å²) in [4.78, 5) is 1.46. The summed E-state index contributed by atoms with van der Waals surface area (Å²) in [6.07, 6.45) is -4.12. The highest BCUT2D eigenvalue weighted by molar-refractivity contribution is 7.92. The van der Waals surface area contributed by atoms with Crippen LogP contribution in [-0.4, -0.2) is 25.0 Å². The molecule has 1 aliphatic rings. The van der Waals surface area contributed by atoms with Crippen molar-refractivity contribution < 1.29 is 44.6 Å². The molecule has 3 rings (SSSR count). The maximum absolute atomic E-state index is 14.0. The number of rotatable bonds is 3. The lowest BCUT2D eigenvalue weighted by Crippen LogP contribution is -2.26. The predicted octanol–water partition coefficient (Wildman–Crippen LogP) is 4.69. The van der Waals surface area contributed by atoms with Crippen molar-refractivity contribution in [1.82, 2.24) is 0 Å². The molecular formula is C17H9F6NO4S. The van der Waals surface area contributed by atoms with Gasteiger partial charge in [-0.15, -0.1) is 0 Å². The van der Waals surface area contributed by atoms with Gasteiger partial charge in [-0.25, -0.2) is 26.4 Å². The van der Waals surface area contributed by atoms with Crippen molar-refractivity contribution in [3.63, 3.8) is 0 Å². The van der Waals surface area contributed by atoms with Crippen LogP contribution in [0.4, 0.5) is 32.0 Å². The van der Waals surface area contributed by atoms with Gasteiger partial charge in [-0.3, -0.25) is 0 Å². The van der Waals surface area contributed by atoms with Crippen LogP contribution < -0.4 is 4.74 Å². The average Bonchev–Trinajstić information content (AvgIpc) is 2.84. The van der Waals surface area contributed by atoms with Crippen molar-refractivity contribution >= 4 is 15.5 Å². The highest BCUT2D eigenvalue weighted by atomic mass is 32.2. The van der Waals surface area contributed by atoms with E-state index in [9.17, 15) is 39.9 Å². The Bertz CT molecular complexity index is 1140. The van der Waals surface area contributed by atoms with Crippen molar-refractivity contribution in [2.75, 3.05) is 0 Å². The molecule has 1 atom stereocenters. The van der Waals surface area contributed by atoms with Gasteiger partial charge in [-0.1, -0.05) is 0 Å². The number of fused-ring (bicyclic) bond motifs is 1. The third-order valence-electron chi connectivity index (χ3n) is 4.17. The molecule has 0 heterocycles. The Morgan fingerprint density at radius 3 is 2.45 bits per heavy atom. The van der Waals surface area contributed by atoms with E-state index in [0.29, 0.717) is 12.1 Å². The fourth-order valence-corrected chi connectivity index (χ4v) is 3.92. The largest absolute Gasteiger partial charge is 0.501 e. The van der Waals surface area contributed by atoms with Crippen LogP contribution in [0.25, 0.3) is 4.85 Å². The first kappa shape index (κ1) is 20.9. The van der Waals surface area contributed by atoms with Crippen LogP contribution in [0, 0.1) is 12.4 Å². The van der Waals surface area contributed by atoms with E-state index in [1.54, 1.807) is 0 Å². The van der Waals surface area contributed by atoms with Gasteiger partial charge in [0.15, 0.2) is 5.69 Å². The van der Waals surface area contributed by atoms with Gasteiger partial charge in [0.25, 0.3) is 15.8 Å². The molecule has 5 nitrogen and oxygen atoms in total. The van der Waals surface area contributed by atoms with E-state index in [1.165, 1.54) is 0 Å². The van der Waals surface area contributed by atoms with Crippen LogP contribution in [0.1, 0.15) is 17.2 Å². The number of sulfone groups is 1. The summed E-state index contributed by atoms with van der Waals surface area (Å²) in [5, 5.41) is 9.80. The first-order valence-corrected chi connectivity index (χ1v) is 9.15. The summed E-state index contributed by atoms with van der Waals surface area (Å²) in [5.74, 6) is -5.68. The Balaban J connectivity index is 2.19. The molecule has 2 aromatic carbocycles. The summed E-state index contributed by atoms with van der Waals surface area (Å²) in [5.41, 5.74) is -7.78. The van der Waals surface area contributed by atoms with Gasteiger partial charge >= 0.3 is 5.51 Å². The van der Waals surface area contributed by atoms with Crippen LogP contribution in [0.2, 0.25) is 0 Å². The first-order valence-electron chi connectivity index (χ1n) is 7.67. The van der Waals surface area contributed by atoms with Crippen LogP contribution >= 0.6 is 0 Å². The van der Waals surface area contributed by atoms with Gasteiger partial charge in [-0.2, -0.15) is 13.2 Å². The van der Waals surface area contributed by atoms with Crippen LogP contribution in [0.5, 0.6) is 11.5 Å². The van der Waals surface area contributed by atoms with E-state index in [-0.39, 0.29) is 11.4 Å². The smallest absolute Gasteiger partial charge is 0.458 e. The zero-order chi connectivity index (χ0) is 21.8. The van der Waals surface area contributed by atoms with E-state index in [4.69, 9.17) is 11.3 Å². The standard InChI is InChI=1S/C17H9F6NO4S/c1-24-9-4-8(18)5-10(6-9)28-12-2-3-13(29(26,27)17(21,22)23)14-11(12)7-16(19,20)15(14)25/h2-6,15,25H,7H2/t15-/m0/s1. The molecule has 1 aliphatic carbocycles. The summed E-state index contributed by atoms with van der Waals surface area (Å²) < 4.78 is 109. The number of benzene rings is 2. The second-order valence-corrected chi connectivity index (χ2v) is 8.01. The maximum Gasteiger partial charge on any atom is 0.501 e. The lowest BCUT2D eigenvalue weighted by Gasteiger charge is -2.17. The minimum absolute atomic E-state index is 0.196. The molecular weight excluding hydrogens is 428 g/mol. The molecule has 154 valence electrons. The number of aliphatic hydroxyl groups is 1. The third-order valence-corrected chi connectivity index (χ3v) is 5.71. The molecule has 0 radical (unpaired) electrons. The second kappa shape index (κ2) is 6.64. The Kier molecular flexibility index (Phi) is 4.79. The second-order valence-electron chi connectivity index (χ2n) is 6.10. The molecule has 12 heteroatoms. The van der Waals surface area contributed by atoms with E-state index in [1.807, 2.05) is 0 Å². The molecule has 1 N–H and O–H groups in total. The third kappa shape index (κ3) is 3.51. The Hall–Kier alpha value is -2.78. The topological polar surface area (TPSA) is 68.0 Å². The van der Waals surface area contributed by atoms with Gasteiger partial charge in [0.2, 0.25) is 0 Å². The van der Waals surface area contributed by atoms with Crippen molar-refractivity contribution in [1.29, 1.82) is 0 Å². The number of halogens is 6.